The van der Waals surface area contributed by atoms with Gasteiger partial charge in [0, 0.05) is 17.2 Å². The average Bonchev–Trinajstić information content (AvgIpc) is 2.30. The highest BCUT2D eigenvalue weighted by Crippen LogP contribution is 2.48. The smallest absolute Gasteiger partial charge is 0.134 e. The molecule has 0 saturated carbocycles. The molecule has 82 valence electrons. The summed E-state index contributed by atoms with van der Waals surface area (Å²) >= 11 is 0. The van der Waals surface area contributed by atoms with Gasteiger partial charge >= 0.3 is 0 Å². The number of hydrogen-bond acceptors (Lipinski definition) is 2. The van der Waals surface area contributed by atoms with E-state index in [9.17, 15) is 0 Å². The maximum atomic E-state index is 5.72. The molecule has 0 spiro atoms. The van der Waals surface area contributed by atoms with Gasteiger partial charge in [-0.25, -0.2) is 0 Å². The van der Waals surface area contributed by atoms with Crippen LogP contribution in [0.25, 0.3) is 10.8 Å². The van der Waals surface area contributed by atoms with E-state index in [1.165, 1.54) is 22.0 Å². The van der Waals surface area contributed by atoms with Crippen molar-refractivity contribution in [3.63, 3.8) is 0 Å². The van der Waals surface area contributed by atoms with Gasteiger partial charge in [-0.1, -0.05) is 30.3 Å². The fourth-order valence-electron chi connectivity index (χ4n) is 2.21. The van der Waals surface area contributed by atoms with Crippen LogP contribution in [-0.4, -0.2) is 6.61 Å². The van der Waals surface area contributed by atoms with Gasteiger partial charge in [0.05, 0.1) is 6.61 Å². The summed E-state index contributed by atoms with van der Waals surface area (Å²) in [5.74, 6) is 0. The van der Waals surface area contributed by atoms with E-state index in [2.05, 4.69) is 41.5 Å². The zero-order valence-electron chi connectivity index (χ0n) is 9.23. The summed E-state index contributed by atoms with van der Waals surface area (Å²) in [6.07, 6.45) is 1.01. The van der Waals surface area contributed by atoms with Crippen LogP contribution in [-0.2, 0) is 10.7 Å². The molecule has 0 amide bonds. The second-order valence-electron chi connectivity index (χ2n) is 3.89. The Labute approximate surface area is 96.5 Å². The minimum atomic E-state index is -0.534. The van der Waals surface area contributed by atoms with E-state index in [0.29, 0.717) is 0 Å². The zero-order valence-corrected chi connectivity index (χ0v) is 10.1. The zero-order chi connectivity index (χ0) is 11.0. The standard InChI is InChI=1S/C13H14NOP/c1-2-15-16-9-11-7-3-5-10-6-4-8-12(14-16)13(10)11/h3-8,14H,2,9H2,1H3. The van der Waals surface area contributed by atoms with Gasteiger partial charge in [0.2, 0.25) is 0 Å². The van der Waals surface area contributed by atoms with Gasteiger partial charge < -0.3 is 9.61 Å². The normalized spacial score (nSPS) is 18.4. The molecule has 3 rings (SSSR count). The third-order valence-electron chi connectivity index (χ3n) is 2.84. The minimum absolute atomic E-state index is 0.534. The van der Waals surface area contributed by atoms with Crippen LogP contribution in [0.1, 0.15) is 12.5 Å². The van der Waals surface area contributed by atoms with Gasteiger partial charge in [0.25, 0.3) is 0 Å². The Morgan fingerprint density at radius 3 is 2.88 bits per heavy atom. The predicted octanol–water partition coefficient (Wildman–Crippen LogP) is 4.11. The van der Waals surface area contributed by atoms with Gasteiger partial charge in [-0.05, 0) is 23.9 Å². The summed E-state index contributed by atoms with van der Waals surface area (Å²) in [5.41, 5.74) is 2.63. The Morgan fingerprint density at radius 1 is 1.25 bits per heavy atom. The summed E-state index contributed by atoms with van der Waals surface area (Å²) in [5, 5.41) is 6.18. The molecule has 16 heavy (non-hydrogen) atoms. The maximum Gasteiger partial charge on any atom is 0.134 e. The van der Waals surface area contributed by atoms with Crippen molar-refractivity contribution in [3.05, 3.63) is 42.0 Å². The van der Waals surface area contributed by atoms with Crippen molar-refractivity contribution in [2.24, 2.45) is 0 Å². The lowest BCUT2D eigenvalue weighted by atomic mass is 10.0. The van der Waals surface area contributed by atoms with Crippen molar-refractivity contribution in [2.75, 3.05) is 11.7 Å². The Hall–Kier alpha value is -1.11. The van der Waals surface area contributed by atoms with Crippen molar-refractivity contribution in [1.82, 2.24) is 0 Å². The molecule has 1 heterocycles. The van der Waals surface area contributed by atoms with Crippen molar-refractivity contribution in [1.29, 1.82) is 0 Å². The molecule has 0 saturated heterocycles. The monoisotopic (exact) mass is 231 g/mol. The van der Waals surface area contributed by atoms with Crippen LogP contribution < -0.4 is 5.09 Å². The molecule has 0 fully saturated rings. The first kappa shape index (κ1) is 10.1. The lowest BCUT2D eigenvalue weighted by molar-refractivity contribution is 0.379. The molecular weight excluding hydrogens is 217 g/mol. The molecule has 1 aliphatic heterocycles. The van der Waals surface area contributed by atoms with Crippen molar-refractivity contribution in [2.45, 2.75) is 13.1 Å². The van der Waals surface area contributed by atoms with Crippen LogP contribution in [0, 0.1) is 0 Å². The molecule has 0 radical (unpaired) electrons. The maximum absolute atomic E-state index is 5.72. The second kappa shape index (κ2) is 4.04. The lowest BCUT2D eigenvalue weighted by Crippen LogP contribution is -2.05. The molecule has 3 heteroatoms. The third-order valence-corrected chi connectivity index (χ3v) is 4.52. The van der Waals surface area contributed by atoms with E-state index in [1.54, 1.807) is 0 Å². The number of rotatable bonds is 2. The number of hydrogen-bond donors (Lipinski definition) is 1. The Kier molecular flexibility index (Phi) is 2.55. The van der Waals surface area contributed by atoms with E-state index in [0.717, 1.165) is 12.8 Å². The third kappa shape index (κ3) is 1.59. The predicted molar refractivity (Wildman–Crippen MR) is 69.8 cm³/mol. The second-order valence-corrected chi connectivity index (χ2v) is 5.44. The van der Waals surface area contributed by atoms with Gasteiger partial charge in [-0.3, -0.25) is 0 Å². The van der Waals surface area contributed by atoms with E-state index < -0.39 is 8.30 Å². The molecule has 2 aromatic carbocycles. The van der Waals surface area contributed by atoms with Crippen LogP contribution in [0.2, 0.25) is 0 Å². The fraction of sp³-hybridized carbons (Fsp3) is 0.231. The van der Waals surface area contributed by atoms with Crippen molar-refractivity contribution in [3.8, 4) is 0 Å². The first-order valence-electron chi connectivity index (χ1n) is 5.56. The van der Waals surface area contributed by atoms with Crippen molar-refractivity contribution >= 4 is 24.8 Å². The number of anilines is 1. The molecule has 2 aromatic rings. The summed E-state index contributed by atoms with van der Waals surface area (Å²) in [7, 11) is -0.534. The van der Waals surface area contributed by atoms with Gasteiger partial charge in [-0.15, -0.1) is 0 Å². The van der Waals surface area contributed by atoms with E-state index in [4.69, 9.17) is 4.52 Å². The van der Waals surface area contributed by atoms with Crippen LogP contribution in [0.3, 0.4) is 0 Å². The SMILES string of the molecule is CCOP1Cc2cccc3cccc(c23)N1. The first-order chi connectivity index (χ1) is 7.88. The summed E-state index contributed by atoms with van der Waals surface area (Å²) in [4.78, 5) is 0. The molecule has 1 unspecified atom stereocenters. The number of benzene rings is 2. The topological polar surface area (TPSA) is 21.3 Å². The van der Waals surface area contributed by atoms with Gasteiger partial charge in [-0.2, -0.15) is 0 Å². The van der Waals surface area contributed by atoms with E-state index >= 15 is 0 Å². The minimum Gasteiger partial charge on any atom is -0.342 e. The van der Waals surface area contributed by atoms with Gasteiger partial charge in [0.1, 0.15) is 8.30 Å². The van der Waals surface area contributed by atoms with Crippen LogP contribution in [0.4, 0.5) is 5.69 Å². The summed E-state index contributed by atoms with van der Waals surface area (Å²) in [6.45, 7) is 2.82. The quantitative estimate of drug-likeness (QED) is 0.785. The Morgan fingerprint density at radius 2 is 2.06 bits per heavy atom. The van der Waals surface area contributed by atoms with E-state index in [1.807, 2.05) is 6.92 Å². The lowest BCUT2D eigenvalue weighted by Gasteiger charge is -2.26. The Balaban J connectivity index is 2.12. The van der Waals surface area contributed by atoms with Crippen LogP contribution in [0.5, 0.6) is 0 Å². The Bertz CT molecular complexity index is 486. The highest BCUT2D eigenvalue weighted by Gasteiger charge is 2.19. The molecule has 0 bridgehead atoms. The highest BCUT2D eigenvalue weighted by atomic mass is 31.2. The largest absolute Gasteiger partial charge is 0.342 e. The first-order valence-corrected chi connectivity index (χ1v) is 7.00. The molecule has 1 N–H and O–H groups in total. The van der Waals surface area contributed by atoms with Crippen LogP contribution in [0.15, 0.2) is 36.4 Å². The molecule has 0 aromatic heterocycles. The highest BCUT2D eigenvalue weighted by molar-refractivity contribution is 7.53. The van der Waals surface area contributed by atoms with Crippen molar-refractivity contribution < 1.29 is 4.52 Å². The molecule has 2 nitrogen and oxygen atoms in total. The van der Waals surface area contributed by atoms with Gasteiger partial charge in [0.15, 0.2) is 0 Å². The molecular formula is C13H14NOP. The van der Waals surface area contributed by atoms with E-state index in [-0.39, 0.29) is 0 Å². The number of nitrogens with one attached hydrogen (secondary N) is 1. The molecule has 1 aliphatic rings. The molecule has 0 aliphatic carbocycles. The average molecular weight is 231 g/mol. The summed E-state index contributed by atoms with van der Waals surface area (Å²) in [6, 6.07) is 12.9. The molecule has 1 atom stereocenters. The fourth-order valence-corrected chi connectivity index (χ4v) is 3.78. The van der Waals surface area contributed by atoms with Crippen LogP contribution >= 0.6 is 8.30 Å². The summed E-state index contributed by atoms with van der Waals surface area (Å²) < 4.78 is 5.72.